The second-order valence-corrected chi connectivity index (χ2v) is 16.7. The first kappa shape index (κ1) is 44.0. The number of likely N-dealkylation sites (tertiary alicyclic amines) is 1. The van der Waals surface area contributed by atoms with Crippen LogP contribution < -0.4 is 26.4 Å². The number of hydrogen-bond donors (Lipinski definition) is 6. The zero-order valence-electron chi connectivity index (χ0n) is 32.7. The number of β-amino-alcohol motifs (C(OH)–C–C–N with tert-alkyl or cyclic N) is 1. The summed E-state index contributed by atoms with van der Waals surface area (Å²) in [5.74, 6) is -1.42. The number of thiazole rings is 1. The molecule has 7 N–H and O–H groups in total. The van der Waals surface area contributed by atoms with Crippen LogP contribution in [0, 0.1) is 19.3 Å². The van der Waals surface area contributed by atoms with E-state index >= 15 is 0 Å². The number of carboxylic acid groups (broad SMARTS) is 1. The Hall–Kier alpha value is -4.73. The Balaban J connectivity index is 1.36. The van der Waals surface area contributed by atoms with E-state index in [1.807, 2.05) is 71.9 Å². The molecular weight excluding hydrogens is 760 g/mol. The summed E-state index contributed by atoms with van der Waals surface area (Å²) in [7, 11) is 0. The molecule has 1 aromatic heterocycles. The van der Waals surface area contributed by atoms with Gasteiger partial charge in [-0.05, 0) is 73.8 Å². The van der Waals surface area contributed by atoms with Crippen molar-refractivity contribution in [3.63, 3.8) is 0 Å². The summed E-state index contributed by atoms with van der Waals surface area (Å²) in [5.41, 5.74) is 10.7. The number of ether oxygens (including phenoxy) is 1. The van der Waals surface area contributed by atoms with Gasteiger partial charge in [-0.25, -0.2) is 9.78 Å². The number of aryl methyl sites for hydroxylation is 3. The van der Waals surface area contributed by atoms with Gasteiger partial charge in [0.2, 0.25) is 23.6 Å². The largest absolute Gasteiger partial charge is 0.490 e. The molecule has 0 unspecified atom stereocenters. The molecule has 5 atom stereocenters. The normalized spacial score (nSPS) is 17.1. The second-order valence-electron chi connectivity index (χ2n) is 15.4. The maximum atomic E-state index is 14.1. The molecule has 4 rings (SSSR count). The number of nitrogens with zero attached hydrogens (tertiary/aromatic N) is 2. The summed E-state index contributed by atoms with van der Waals surface area (Å²) in [5, 5.41) is 28.3. The number of aliphatic hydroxyl groups is 1. The fourth-order valence-electron chi connectivity index (χ4n) is 6.66. The first-order valence-corrected chi connectivity index (χ1v) is 19.9. The van der Waals surface area contributed by atoms with E-state index in [-0.39, 0.29) is 56.7 Å². The van der Waals surface area contributed by atoms with Crippen molar-refractivity contribution < 1.29 is 38.9 Å². The minimum Gasteiger partial charge on any atom is -0.490 e. The highest BCUT2D eigenvalue weighted by atomic mass is 35.5. The van der Waals surface area contributed by atoms with E-state index in [0.29, 0.717) is 23.6 Å². The summed E-state index contributed by atoms with van der Waals surface area (Å²) in [6, 6.07) is 8.52. The van der Waals surface area contributed by atoms with Gasteiger partial charge in [-0.15, -0.1) is 11.3 Å². The highest BCUT2D eigenvalue weighted by Crippen LogP contribution is 2.32. The van der Waals surface area contributed by atoms with Crippen molar-refractivity contribution in [3.8, 4) is 16.2 Å². The van der Waals surface area contributed by atoms with Gasteiger partial charge in [0.05, 0.1) is 39.3 Å². The van der Waals surface area contributed by atoms with Crippen molar-refractivity contribution in [2.24, 2.45) is 11.1 Å². The Morgan fingerprint density at radius 3 is 2.38 bits per heavy atom. The van der Waals surface area contributed by atoms with Crippen LogP contribution in [0.15, 0.2) is 41.9 Å². The van der Waals surface area contributed by atoms with Crippen molar-refractivity contribution in [2.75, 3.05) is 13.2 Å². The number of primary amides is 1. The third-order valence-corrected chi connectivity index (χ3v) is 11.1. The molecule has 0 aliphatic carbocycles. The lowest BCUT2D eigenvalue weighted by atomic mass is 9.85. The molecule has 2 aromatic carbocycles. The van der Waals surface area contributed by atoms with Gasteiger partial charge in [-0.2, -0.15) is 0 Å². The van der Waals surface area contributed by atoms with Gasteiger partial charge in [-0.3, -0.25) is 19.2 Å². The maximum Gasteiger partial charge on any atom is 0.404 e. The van der Waals surface area contributed by atoms with Crippen LogP contribution in [-0.2, 0) is 25.6 Å². The molecular formula is C40H53ClN6O8S. The Kier molecular flexibility index (Phi) is 15.3. The molecule has 1 aliphatic rings. The lowest BCUT2D eigenvalue weighted by molar-refractivity contribution is -0.144. The zero-order chi connectivity index (χ0) is 41.3. The van der Waals surface area contributed by atoms with Crippen LogP contribution >= 0.6 is 22.9 Å². The van der Waals surface area contributed by atoms with E-state index in [1.165, 1.54) is 4.90 Å². The van der Waals surface area contributed by atoms with Crippen LogP contribution in [-0.4, -0.2) is 87.2 Å². The summed E-state index contributed by atoms with van der Waals surface area (Å²) in [4.78, 5) is 70.3. The summed E-state index contributed by atoms with van der Waals surface area (Å²) < 4.78 is 5.86. The zero-order valence-corrected chi connectivity index (χ0v) is 34.3. The molecule has 56 heavy (non-hydrogen) atoms. The van der Waals surface area contributed by atoms with E-state index in [4.69, 9.17) is 27.2 Å². The third kappa shape index (κ3) is 12.1. The van der Waals surface area contributed by atoms with E-state index in [0.717, 1.165) is 32.8 Å². The predicted molar refractivity (Wildman–Crippen MR) is 214 cm³/mol. The summed E-state index contributed by atoms with van der Waals surface area (Å²) >= 11 is 8.24. The monoisotopic (exact) mass is 812 g/mol. The molecule has 0 bridgehead atoms. The fraction of sp³-hybridized carbons (Fsp3) is 0.500. The number of carbonyl (C=O) groups excluding carboxylic acids is 4. The molecule has 0 radical (unpaired) electrons. The molecule has 0 spiro atoms. The number of nitrogens with two attached hydrogens (primary N) is 1. The van der Waals surface area contributed by atoms with Gasteiger partial charge in [0.15, 0.2) is 0 Å². The quantitative estimate of drug-likeness (QED) is 0.107. The van der Waals surface area contributed by atoms with E-state index in [1.54, 1.807) is 22.9 Å². The molecule has 14 nitrogen and oxygen atoms in total. The number of amides is 5. The van der Waals surface area contributed by atoms with Crippen molar-refractivity contribution in [2.45, 2.75) is 110 Å². The first-order chi connectivity index (χ1) is 26.3. The number of benzene rings is 2. The van der Waals surface area contributed by atoms with Crippen molar-refractivity contribution >= 4 is 52.7 Å². The van der Waals surface area contributed by atoms with Gasteiger partial charge < -0.3 is 41.5 Å². The van der Waals surface area contributed by atoms with Crippen molar-refractivity contribution in [3.05, 3.63) is 69.3 Å². The maximum absolute atomic E-state index is 14.1. The average molecular weight is 813 g/mol. The number of nitrogens with one attached hydrogen (secondary N) is 3. The van der Waals surface area contributed by atoms with Gasteiger partial charge in [0, 0.05) is 25.8 Å². The van der Waals surface area contributed by atoms with Crippen molar-refractivity contribution in [1.82, 2.24) is 25.8 Å². The highest BCUT2D eigenvalue weighted by Gasteiger charge is 2.44. The summed E-state index contributed by atoms with van der Waals surface area (Å²) in [6.45, 7) is 11.0. The Morgan fingerprint density at radius 1 is 1.07 bits per heavy atom. The van der Waals surface area contributed by atoms with Crippen LogP contribution in [0.25, 0.3) is 10.4 Å². The molecule has 1 aliphatic heterocycles. The topological polar surface area (TPSA) is 213 Å². The van der Waals surface area contributed by atoms with E-state index in [2.05, 4.69) is 20.9 Å². The Morgan fingerprint density at radius 2 is 1.77 bits per heavy atom. The minimum absolute atomic E-state index is 0.0229. The van der Waals surface area contributed by atoms with Crippen LogP contribution in [0.1, 0.15) is 88.2 Å². The third-order valence-electron chi connectivity index (χ3n) is 9.68. The minimum atomic E-state index is -1.26. The molecule has 3 aromatic rings. The van der Waals surface area contributed by atoms with Crippen molar-refractivity contribution in [1.29, 1.82) is 0 Å². The number of carbonyl (C=O) groups is 5. The van der Waals surface area contributed by atoms with E-state index in [9.17, 15) is 29.1 Å². The lowest BCUT2D eigenvalue weighted by Gasteiger charge is -2.35. The van der Waals surface area contributed by atoms with E-state index < -0.39 is 47.6 Å². The molecule has 1 saturated heterocycles. The SMILES string of the molecule is Cc1cc(CCCC(=O)N[C@H](C(=O)N2C[C@H](O)C[C@H]2C(=O)N[C@@H](C)c2ccc(-c3scnc3C)cc2)C(C)(C)C)c(Cl)c(OC[C@H](CCC(N)=O)NC(=O)O)c1. The molecule has 5 amide bonds. The Bertz CT molecular complexity index is 1880. The lowest BCUT2D eigenvalue weighted by Crippen LogP contribution is -2.57. The van der Waals surface area contributed by atoms with Crippen LogP contribution in [0.2, 0.25) is 5.02 Å². The number of halogens is 1. The van der Waals surface area contributed by atoms with Crippen LogP contribution in [0.3, 0.4) is 0 Å². The van der Waals surface area contributed by atoms with Gasteiger partial charge >= 0.3 is 6.09 Å². The number of rotatable bonds is 17. The molecule has 304 valence electrons. The number of hydrogen-bond acceptors (Lipinski definition) is 9. The van der Waals surface area contributed by atoms with Gasteiger partial charge in [0.1, 0.15) is 24.4 Å². The van der Waals surface area contributed by atoms with Gasteiger partial charge in [-0.1, -0.05) is 62.7 Å². The number of aromatic nitrogens is 1. The average Bonchev–Trinajstić information content (AvgIpc) is 3.74. The first-order valence-electron chi connectivity index (χ1n) is 18.6. The predicted octanol–water partition coefficient (Wildman–Crippen LogP) is 5.05. The molecule has 0 saturated carbocycles. The number of aliphatic hydroxyl groups excluding tert-OH is 1. The standard InChI is InChI=1S/C40H53ClN6O8S/c1-22-16-27(34(41)31(17-22)55-20-28(45-39(53)54)14-15-32(42)49)8-7-9-33(50)46-36(40(4,5)6)38(52)47-19-29(48)18-30(47)37(51)44-23(2)25-10-12-26(13-11-25)35-24(3)43-21-56-35/h10-13,16-17,21,23,28-30,36,45,48H,7-9,14-15,18-20H2,1-6H3,(H2,42,49)(H,44,51)(H,46,50)(H,53,54)/t23-,28-,29+,30-,36+/m0/s1. The second kappa shape index (κ2) is 19.4. The molecule has 16 heteroatoms. The molecule has 1 fully saturated rings. The smallest absolute Gasteiger partial charge is 0.404 e. The Labute approximate surface area is 336 Å². The highest BCUT2D eigenvalue weighted by molar-refractivity contribution is 7.13. The molecule has 2 heterocycles. The van der Waals surface area contributed by atoms with Crippen LogP contribution in [0.4, 0.5) is 4.79 Å². The van der Waals surface area contributed by atoms with Gasteiger partial charge in [0.25, 0.3) is 0 Å². The van der Waals surface area contributed by atoms with Crippen LogP contribution in [0.5, 0.6) is 5.75 Å². The summed E-state index contributed by atoms with van der Waals surface area (Å²) in [6.07, 6.45) is -1.09. The fourth-order valence-corrected chi connectivity index (χ4v) is 7.73.